The van der Waals surface area contributed by atoms with Gasteiger partial charge in [0.05, 0.1) is 9.82 Å². The van der Waals surface area contributed by atoms with E-state index in [9.17, 15) is 23.3 Å². The van der Waals surface area contributed by atoms with Gasteiger partial charge in [-0.3, -0.25) is 14.9 Å². The van der Waals surface area contributed by atoms with Crippen molar-refractivity contribution < 1.29 is 23.2 Å². The summed E-state index contributed by atoms with van der Waals surface area (Å²) in [5, 5.41) is 19.5. The molecule has 7 nitrogen and oxygen atoms in total. The third kappa shape index (κ3) is 2.19. The largest absolute Gasteiger partial charge is 0.480 e. The van der Waals surface area contributed by atoms with Gasteiger partial charge >= 0.3 is 5.97 Å². The minimum atomic E-state index is -4.20. The molecule has 0 aromatic heterocycles. The molecule has 98 valence electrons. The number of nitro benzene ring substituents is 1. The van der Waals surface area contributed by atoms with Gasteiger partial charge in [-0.1, -0.05) is 6.07 Å². The normalized spacial score (nSPS) is 12.1. The molecule has 1 N–H and O–H groups in total. The number of aliphatic carboxylic acids is 1. The van der Waals surface area contributed by atoms with Crippen LogP contribution in [0.4, 0.5) is 5.69 Å². The molecule has 0 aliphatic heterocycles. The van der Waals surface area contributed by atoms with E-state index in [1.165, 1.54) is 6.07 Å². The van der Waals surface area contributed by atoms with E-state index in [1.807, 2.05) is 0 Å². The maximum Gasteiger partial charge on any atom is 0.324 e. The predicted molar refractivity (Wildman–Crippen MR) is 62.0 cm³/mol. The molecule has 0 bridgehead atoms. The number of carbonyl (C=O) groups is 1. The summed E-state index contributed by atoms with van der Waals surface area (Å²) < 4.78 is 22.1. The van der Waals surface area contributed by atoms with E-state index in [0.29, 0.717) is 0 Å². The molecule has 8 heteroatoms. The van der Waals surface area contributed by atoms with Crippen molar-refractivity contribution in [3.8, 4) is 0 Å². The van der Waals surface area contributed by atoms with Gasteiger partial charge in [0.25, 0.3) is 5.69 Å². The number of hydrogen-bond donors (Lipinski definition) is 1. The van der Waals surface area contributed by atoms with Crippen LogP contribution in [0.3, 0.4) is 0 Å². The Bertz CT molecular complexity index is 605. The van der Waals surface area contributed by atoms with Gasteiger partial charge < -0.3 is 5.11 Å². The number of hydrogen-bond acceptors (Lipinski definition) is 5. The topological polar surface area (TPSA) is 115 Å². The highest BCUT2D eigenvalue weighted by molar-refractivity contribution is 7.93. The number of non-ortho nitro benzene ring substituents is 1. The third-order valence-corrected chi connectivity index (χ3v) is 4.92. The number of benzene rings is 1. The molecule has 0 amide bonds. The number of nitro groups is 1. The number of sulfone groups is 1. The molecule has 1 aromatic rings. The Labute approximate surface area is 103 Å². The number of nitrogens with zero attached hydrogens (tertiary/aromatic N) is 1. The first-order chi connectivity index (χ1) is 8.10. The molecular formula is C10H11NO6S. The molecule has 0 fully saturated rings. The molecule has 0 saturated carbocycles. The third-order valence-electron chi connectivity index (χ3n) is 2.53. The summed E-state index contributed by atoms with van der Waals surface area (Å²) in [6, 6.07) is 4.31. The summed E-state index contributed by atoms with van der Waals surface area (Å²) in [5.74, 6) is -1.52. The molecule has 0 spiro atoms. The second-order valence-electron chi connectivity index (χ2n) is 4.07. The summed E-state index contributed by atoms with van der Waals surface area (Å²) in [7, 11) is -4.20. The lowest BCUT2D eigenvalue weighted by Crippen LogP contribution is -2.40. The van der Waals surface area contributed by atoms with Crippen molar-refractivity contribution in [2.45, 2.75) is 23.5 Å². The van der Waals surface area contributed by atoms with Crippen LogP contribution in [0.2, 0.25) is 0 Å². The first-order valence-electron chi connectivity index (χ1n) is 4.83. The molecule has 0 aliphatic carbocycles. The number of carboxylic acid groups (broad SMARTS) is 1. The van der Waals surface area contributed by atoms with Gasteiger partial charge in [0.2, 0.25) is 0 Å². The van der Waals surface area contributed by atoms with Gasteiger partial charge in [-0.25, -0.2) is 8.42 Å². The standard InChI is InChI=1S/C10H11NO6S/c1-10(2,9(12)13)18(16,17)8-5-3-4-7(6-8)11(14)15/h3-6H,1-2H3,(H,12,13). The quantitative estimate of drug-likeness (QED) is 0.651. The zero-order chi connectivity index (χ0) is 14.1. The van der Waals surface area contributed by atoms with Crippen LogP contribution in [0.15, 0.2) is 29.2 Å². The Morgan fingerprint density at radius 2 is 1.94 bits per heavy atom. The van der Waals surface area contributed by atoms with Crippen LogP contribution in [-0.4, -0.2) is 29.2 Å². The lowest BCUT2D eigenvalue weighted by Gasteiger charge is -2.19. The van der Waals surface area contributed by atoms with E-state index in [-0.39, 0.29) is 4.90 Å². The van der Waals surface area contributed by atoms with E-state index < -0.39 is 31.2 Å². The molecule has 0 radical (unpaired) electrons. The van der Waals surface area contributed by atoms with Crippen LogP contribution in [0, 0.1) is 10.1 Å². The highest BCUT2D eigenvalue weighted by Crippen LogP contribution is 2.27. The first kappa shape index (κ1) is 14.1. The van der Waals surface area contributed by atoms with Gasteiger partial charge in [-0.15, -0.1) is 0 Å². The highest BCUT2D eigenvalue weighted by atomic mass is 32.2. The summed E-state index contributed by atoms with van der Waals surface area (Å²) in [5.41, 5.74) is -0.405. The van der Waals surface area contributed by atoms with Gasteiger partial charge in [-0.05, 0) is 19.9 Å². The number of carboxylic acids is 1. The lowest BCUT2D eigenvalue weighted by molar-refractivity contribution is -0.385. The van der Waals surface area contributed by atoms with Crippen LogP contribution in [-0.2, 0) is 14.6 Å². The fourth-order valence-corrected chi connectivity index (χ4v) is 2.53. The average Bonchev–Trinajstić information content (AvgIpc) is 2.28. The van der Waals surface area contributed by atoms with Gasteiger partial charge in [-0.2, -0.15) is 0 Å². The van der Waals surface area contributed by atoms with Gasteiger partial charge in [0.1, 0.15) is 0 Å². The predicted octanol–water partition coefficient (Wildman–Crippen LogP) is 1.23. The Morgan fingerprint density at radius 3 is 2.39 bits per heavy atom. The molecule has 0 atom stereocenters. The molecule has 1 rings (SSSR count). The Morgan fingerprint density at radius 1 is 1.39 bits per heavy atom. The molecule has 0 unspecified atom stereocenters. The zero-order valence-electron chi connectivity index (χ0n) is 9.65. The summed E-state index contributed by atoms with van der Waals surface area (Å²) >= 11 is 0. The van der Waals surface area contributed by atoms with E-state index in [0.717, 1.165) is 32.0 Å². The SMILES string of the molecule is CC(C)(C(=O)O)S(=O)(=O)c1cccc([N+](=O)[O-])c1. The fraction of sp³-hybridized carbons (Fsp3) is 0.300. The van der Waals surface area contributed by atoms with Crippen LogP contribution >= 0.6 is 0 Å². The number of rotatable bonds is 4. The van der Waals surface area contributed by atoms with E-state index in [1.54, 1.807) is 0 Å². The molecule has 1 aromatic carbocycles. The van der Waals surface area contributed by atoms with Crippen molar-refractivity contribution >= 4 is 21.5 Å². The Balaban J connectivity index is 3.43. The molecule has 0 saturated heterocycles. The maximum absolute atomic E-state index is 12.1. The summed E-state index contributed by atoms with van der Waals surface area (Å²) in [4.78, 5) is 20.4. The van der Waals surface area contributed by atoms with E-state index in [2.05, 4.69) is 0 Å². The van der Waals surface area contributed by atoms with Crippen molar-refractivity contribution in [3.63, 3.8) is 0 Å². The monoisotopic (exact) mass is 273 g/mol. The minimum Gasteiger partial charge on any atom is -0.480 e. The van der Waals surface area contributed by atoms with Crippen LogP contribution < -0.4 is 0 Å². The van der Waals surface area contributed by atoms with E-state index >= 15 is 0 Å². The zero-order valence-corrected chi connectivity index (χ0v) is 10.5. The smallest absolute Gasteiger partial charge is 0.324 e. The van der Waals surface area contributed by atoms with Crippen molar-refractivity contribution in [2.75, 3.05) is 0 Å². The second kappa shape index (κ2) is 4.37. The van der Waals surface area contributed by atoms with Crippen LogP contribution in [0.1, 0.15) is 13.8 Å². The highest BCUT2D eigenvalue weighted by Gasteiger charge is 2.43. The van der Waals surface area contributed by atoms with Crippen molar-refractivity contribution in [3.05, 3.63) is 34.4 Å². The van der Waals surface area contributed by atoms with Crippen LogP contribution in [0.5, 0.6) is 0 Å². The van der Waals surface area contributed by atoms with Gasteiger partial charge in [0.15, 0.2) is 14.6 Å². The second-order valence-corrected chi connectivity index (χ2v) is 6.57. The molecule has 0 aliphatic rings. The summed E-state index contributed by atoms with van der Waals surface area (Å²) in [6.45, 7) is 2.06. The molecular weight excluding hydrogens is 262 g/mol. The van der Waals surface area contributed by atoms with Crippen LogP contribution in [0.25, 0.3) is 0 Å². The van der Waals surface area contributed by atoms with Crippen molar-refractivity contribution in [2.24, 2.45) is 0 Å². The Hall–Kier alpha value is -1.96. The van der Waals surface area contributed by atoms with Crippen molar-refractivity contribution in [1.29, 1.82) is 0 Å². The lowest BCUT2D eigenvalue weighted by atomic mass is 10.2. The fourth-order valence-electron chi connectivity index (χ4n) is 1.17. The van der Waals surface area contributed by atoms with E-state index in [4.69, 9.17) is 5.11 Å². The van der Waals surface area contributed by atoms with Gasteiger partial charge in [0, 0.05) is 12.1 Å². The molecule has 18 heavy (non-hydrogen) atoms. The van der Waals surface area contributed by atoms with Crippen molar-refractivity contribution in [1.82, 2.24) is 0 Å². The summed E-state index contributed by atoms with van der Waals surface area (Å²) in [6.07, 6.45) is 0. The average molecular weight is 273 g/mol. The minimum absolute atomic E-state index is 0.385. The maximum atomic E-state index is 12.1. The first-order valence-corrected chi connectivity index (χ1v) is 6.31. The molecule has 0 heterocycles. The Kier molecular flexibility index (Phi) is 3.43.